The van der Waals surface area contributed by atoms with Crippen LogP contribution in [0.1, 0.15) is 30.9 Å². The summed E-state index contributed by atoms with van der Waals surface area (Å²) in [5, 5.41) is 12.8. The maximum absolute atomic E-state index is 11.8. The molecular weight excluding hydrogens is 410 g/mol. The lowest BCUT2D eigenvalue weighted by Crippen LogP contribution is -2.52. The maximum Gasteiger partial charge on any atom is 0.407 e. The average molecular weight is 438 g/mol. The van der Waals surface area contributed by atoms with Crippen molar-refractivity contribution in [1.29, 1.82) is 0 Å². The van der Waals surface area contributed by atoms with E-state index in [2.05, 4.69) is 44.2 Å². The summed E-state index contributed by atoms with van der Waals surface area (Å²) in [6.45, 7) is 5.62. The number of benzene rings is 3. The minimum atomic E-state index is -0.889. The van der Waals surface area contributed by atoms with Crippen LogP contribution >= 0.6 is 11.6 Å². The Morgan fingerprint density at radius 1 is 1.06 bits per heavy atom. The minimum absolute atomic E-state index is 0.105. The highest BCUT2D eigenvalue weighted by atomic mass is 35.5. The molecule has 1 amide bonds. The molecule has 0 aromatic heterocycles. The van der Waals surface area contributed by atoms with E-state index in [4.69, 9.17) is 16.3 Å². The van der Waals surface area contributed by atoms with Crippen LogP contribution in [0.3, 0.4) is 0 Å². The number of piperidine rings is 1. The number of amides is 1. The molecule has 3 unspecified atom stereocenters. The Labute approximate surface area is 188 Å². The number of carboxylic acid groups (broad SMARTS) is 1. The largest absolute Gasteiger partial charge is 0.465 e. The van der Waals surface area contributed by atoms with Gasteiger partial charge in [0.2, 0.25) is 0 Å². The van der Waals surface area contributed by atoms with Gasteiger partial charge in [-0.15, -0.1) is 0 Å². The van der Waals surface area contributed by atoms with Gasteiger partial charge in [0.25, 0.3) is 0 Å². The number of hydrogen-bond donors (Lipinski definition) is 1. The lowest BCUT2D eigenvalue weighted by atomic mass is 9.73. The topological polar surface area (TPSA) is 49.8 Å². The Morgan fingerprint density at radius 3 is 2.45 bits per heavy atom. The average Bonchev–Trinajstić information content (AvgIpc) is 2.77. The van der Waals surface area contributed by atoms with Gasteiger partial charge in [0.1, 0.15) is 0 Å². The molecule has 4 rings (SSSR count). The van der Waals surface area contributed by atoms with Gasteiger partial charge in [-0.05, 0) is 51.9 Å². The predicted octanol–water partition coefficient (Wildman–Crippen LogP) is 6.43. The Bertz CT molecular complexity index is 1050. The highest BCUT2D eigenvalue weighted by Crippen LogP contribution is 2.39. The minimum Gasteiger partial charge on any atom is -0.465 e. The summed E-state index contributed by atoms with van der Waals surface area (Å²) in [6, 6.07) is 22.5. The van der Waals surface area contributed by atoms with Crippen LogP contribution in [0.4, 0.5) is 4.79 Å². The number of likely N-dealkylation sites (tertiary alicyclic amines) is 1. The molecule has 1 heterocycles. The van der Waals surface area contributed by atoms with Crippen molar-refractivity contribution in [3.05, 3.63) is 82.9 Å². The van der Waals surface area contributed by atoms with E-state index >= 15 is 0 Å². The van der Waals surface area contributed by atoms with Gasteiger partial charge in [-0.3, -0.25) is 0 Å². The first kappa shape index (κ1) is 21.7. The van der Waals surface area contributed by atoms with Crippen LogP contribution in [0.2, 0.25) is 5.02 Å². The molecule has 1 fully saturated rings. The molecule has 0 radical (unpaired) electrons. The molecule has 4 nitrogen and oxygen atoms in total. The van der Waals surface area contributed by atoms with Gasteiger partial charge < -0.3 is 14.7 Å². The molecule has 0 saturated carbocycles. The Hall–Kier alpha value is -2.56. The van der Waals surface area contributed by atoms with E-state index in [0.717, 1.165) is 11.1 Å². The van der Waals surface area contributed by atoms with Crippen molar-refractivity contribution in [2.45, 2.75) is 32.5 Å². The first-order chi connectivity index (χ1) is 14.9. The van der Waals surface area contributed by atoms with Crippen LogP contribution in [0, 0.1) is 11.8 Å². The summed E-state index contributed by atoms with van der Waals surface area (Å²) < 4.78 is 6.44. The molecule has 1 aliphatic heterocycles. The Kier molecular flexibility index (Phi) is 6.49. The zero-order valence-corrected chi connectivity index (χ0v) is 18.6. The molecule has 1 aliphatic rings. The fraction of sp³-hybridized carbons (Fsp3) is 0.346. The van der Waals surface area contributed by atoms with E-state index in [-0.39, 0.29) is 17.9 Å². The van der Waals surface area contributed by atoms with Crippen LogP contribution in [-0.4, -0.2) is 35.3 Å². The van der Waals surface area contributed by atoms with Gasteiger partial charge in [-0.25, -0.2) is 4.79 Å². The van der Waals surface area contributed by atoms with Crippen LogP contribution < -0.4 is 0 Å². The van der Waals surface area contributed by atoms with E-state index in [1.807, 2.05) is 36.4 Å². The van der Waals surface area contributed by atoms with Gasteiger partial charge in [0, 0.05) is 17.5 Å². The highest BCUT2D eigenvalue weighted by Gasteiger charge is 2.41. The van der Waals surface area contributed by atoms with Gasteiger partial charge in [0.05, 0.1) is 19.3 Å². The number of nitrogens with zero attached hydrogens (tertiary/aromatic N) is 1. The Balaban J connectivity index is 1.62. The number of rotatable bonds is 5. The van der Waals surface area contributed by atoms with Crippen LogP contribution in [0.25, 0.3) is 10.8 Å². The molecular formula is C26H28ClNO3. The first-order valence-corrected chi connectivity index (χ1v) is 11.1. The summed E-state index contributed by atoms with van der Waals surface area (Å²) in [6.07, 6.45) is -1.12. The third-order valence-electron chi connectivity index (χ3n) is 6.35. The molecule has 3 atom stereocenters. The van der Waals surface area contributed by atoms with Crippen molar-refractivity contribution >= 4 is 28.5 Å². The third-order valence-corrected chi connectivity index (χ3v) is 6.61. The number of halogens is 1. The zero-order valence-electron chi connectivity index (χ0n) is 17.9. The molecule has 162 valence electrons. The van der Waals surface area contributed by atoms with Crippen molar-refractivity contribution in [2.24, 2.45) is 11.8 Å². The molecule has 3 aromatic carbocycles. The summed E-state index contributed by atoms with van der Waals surface area (Å²) in [7, 11) is 0. The normalized spacial score (nSPS) is 21.5. The number of ether oxygens (including phenoxy) is 1. The van der Waals surface area contributed by atoms with Gasteiger partial charge in [-0.1, -0.05) is 74.0 Å². The number of carbonyl (C=O) groups is 1. The zero-order chi connectivity index (χ0) is 22.0. The summed E-state index contributed by atoms with van der Waals surface area (Å²) in [4.78, 5) is 13.3. The second-order valence-corrected chi connectivity index (χ2v) is 9.14. The number of fused-ring (bicyclic) bond motifs is 1. The van der Waals surface area contributed by atoms with Crippen molar-refractivity contribution in [2.75, 3.05) is 13.1 Å². The highest BCUT2D eigenvalue weighted by molar-refractivity contribution is 6.30. The quantitative estimate of drug-likeness (QED) is 0.500. The van der Waals surface area contributed by atoms with E-state index in [9.17, 15) is 9.90 Å². The smallest absolute Gasteiger partial charge is 0.407 e. The molecule has 5 heteroatoms. The standard InChI is InChI=1S/C26H28ClNO3/c1-17(2)23-14-28(26(29)30)15-24(25(23)20-9-11-22(27)12-10-20)31-16-18-7-8-19-5-3-4-6-21(19)13-18/h3-13,17,23-25H,14-16H2,1-2H3,(H,29,30). The maximum atomic E-state index is 11.8. The first-order valence-electron chi connectivity index (χ1n) is 10.7. The summed E-state index contributed by atoms with van der Waals surface area (Å²) >= 11 is 6.12. The fourth-order valence-electron chi connectivity index (χ4n) is 4.67. The van der Waals surface area contributed by atoms with Crippen molar-refractivity contribution in [3.63, 3.8) is 0 Å². The van der Waals surface area contributed by atoms with E-state index in [0.29, 0.717) is 30.6 Å². The second-order valence-electron chi connectivity index (χ2n) is 8.70. The molecule has 0 aliphatic carbocycles. The van der Waals surface area contributed by atoms with Crippen molar-refractivity contribution in [1.82, 2.24) is 4.90 Å². The molecule has 0 bridgehead atoms. The van der Waals surface area contributed by atoms with Gasteiger partial charge >= 0.3 is 6.09 Å². The Morgan fingerprint density at radius 2 is 1.77 bits per heavy atom. The lowest BCUT2D eigenvalue weighted by Gasteiger charge is -2.44. The summed E-state index contributed by atoms with van der Waals surface area (Å²) in [5.74, 6) is 0.579. The second kappa shape index (κ2) is 9.29. The van der Waals surface area contributed by atoms with E-state index < -0.39 is 6.09 Å². The molecule has 1 N–H and O–H groups in total. The SMILES string of the molecule is CC(C)C1CN(C(=O)O)CC(OCc2ccc3ccccc3c2)C1c1ccc(Cl)cc1. The van der Waals surface area contributed by atoms with Crippen molar-refractivity contribution < 1.29 is 14.6 Å². The molecule has 0 spiro atoms. The summed E-state index contributed by atoms with van der Waals surface area (Å²) in [5.41, 5.74) is 2.23. The van der Waals surface area contributed by atoms with E-state index in [1.54, 1.807) is 0 Å². The van der Waals surface area contributed by atoms with E-state index in [1.165, 1.54) is 15.7 Å². The molecule has 3 aromatic rings. The van der Waals surface area contributed by atoms with Crippen molar-refractivity contribution in [3.8, 4) is 0 Å². The monoisotopic (exact) mass is 437 g/mol. The molecule has 1 saturated heterocycles. The van der Waals surface area contributed by atoms with Crippen LogP contribution in [-0.2, 0) is 11.3 Å². The van der Waals surface area contributed by atoms with Gasteiger partial charge in [-0.2, -0.15) is 0 Å². The van der Waals surface area contributed by atoms with Gasteiger partial charge in [0.15, 0.2) is 0 Å². The third kappa shape index (κ3) is 4.86. The van der Waals surface area contributed by atoms with Crippen LogP contribution in [0.5, 0.6) is 0 Å². The number of hydrogen-bond acceptors (Lipinski definition) is 2. The predicted molar refractivity (Wildman–Crippen MR) is 125 cm³/mol. The molecule has 31 heavy (non-hydrogen) atoms. The lowest BCUT2D eigenvalue weighted by molar-refractivity contribution is -0.0473. The van der Waals surface area contributed by atoms with Crippen LogP contribution in [0.15, 0.2) is 66.7 Å². The fourth-order valence-corrected chi connectivity index (χ4v) is 4.79.